The molecule has 0 N–H and O–H groups in total. The van der Waals surface area contributed by atoms with Crippen LogP contribution in [-0.2, 0) is 0 Å². The van der Waals surface area contributed by atoms with E-state index < -0.39 is 0 Å². The third-order valence-corrected chi connectivity index (χ3v) is 2.68. The van der Waals surface area contributed by atoms with Gasteiger partial charge in [0, 0.05) is 11.4 Å². The summed E-state index contributed by atoms with van der Waals surface area (Å²) in [5.74, 6) is 0. The molecule has 14 heavy (non-hydrogen) atoms. The highest BCUT2D eigenvalue weighted by atomic mass is 35.5. The Kier molecular flexibility index (Phi) is 2.34. The molecular weight excluding hydrogens is 194 g/mol. The second-order valence-corrected chi connectivity index (χ2v) is 3.81. The molecule has 0 amide bonds. The molecule has 0 saturated carbocycles. The van der Waals surface area contributed by atoms with Crippen LogP contribution in [0, 0.1) is 13.8 Å². The van der Waals surface area contributed by atoms with Crippen molar-refractivity contribution in [2.45, 2.75) is 13.8 Å². The van der Waals surface area contributed by atoms with Gasteiger partial charge in [0.05, 0.1) is 10.7 Å². The number of hydrogen-bond donors (Lipinski definition) is 0. The van der Waals surface area contributed by atoms with E-state index in [-0.39, 0.29) is 0 Å². The Balaban J connectivity index is 2.66. The van der Waals surface area contributed by atoms with E-state index in [4.69, 9.17) is 11.6 Å². The largest absolute Gasteiger partial charge is 0.317 e. The number of nitrogens with zero attached hydrogens (tertiary/aromatic N) is 1. The molecular formula is C12H12ClN. The fourth-order valence-corrected chi connectivity index (χ4v) is 1.90. The van der Waals surface area contributed by atoms with Crippen molar-refractivity contribution in [2.24, 2.45) is 0 Å². The summed E-state index contributed by atoms with van der Waals surface area (Å²) in [4.78, 5) is 0. The molecule has 1 nitrogen and oxygen atoms in total. The first kappa shape index (κ1) is 9.35. The van der Waals surface area contributed by atoms with Gasteiger partial charge in [-0.25, -0.2) is 0 Å². The maximum absolute atomic E-state index is 6.14. The lowest BCUT2D eigenvalue weighted by molar-refractivity contribution is 0.966. The third kappa shape index (κ3) is 1.44. The fraction of sp³-hybridized carbons (Fsp3) is 0.167. The molecule has 2 aromatic rings. The maximum atomic E-state index is 6.14. The zero-order valence-corrected chi connectivity index (χ0v) is 9.05. The van der Waals surface area contributed by atoms with Crippen molar-refractivity contribution in [3.8, 4) is 5.69 Å². The lowest BCUT2D eigenvalue weighted by Gasteiger charge is -2.10. The number of para-hydroxylation sites is 1. The molecule has 0 spiro atoms. The summed E-state index contributed by atoms with van der Waals surface area (Å²) in [6.07, 6.45) is 0. The molecule has 0 aliphatic heterocycles. The third-order valence-electron chi connectivity index (χ3n) is 2.36. The van der Waals surface area contributed by atoms with E-state index in [1.54, 1.807) is 0 Å². The number of benzene rings is 1. The normalized spacial score (nSPS) is 10.5. The van der Waals surface area contributed by atoms with Gasteiger partial charge >= 0.3 is 0 Å². The van der Waals surface area contributed by atoms with E-state index in [2.05, 4.69) is 30.5 Å². The van der Waals surface area contributed by atoms with E-state index in [1.165, 1.54) is 11.4 Å². The topological polar surface area (TPSA) is 4.93 Å². The monoisotopic (exact) mass is 205 g/mol. The van der Waals surface area contributed by atoms with Gasteiger partial charge in [-0.05, 0) is 38.1 Å². The van der Waals surface area contributed by atoms with Crippen molar-refractivity contribution in [3.05, 3.63) is 52.8 Å². The van der Waals surface area contributed by atoms with E-state index in [0.29, 0.717) is 0 Å². The van der Waals surface area contributed by atoms with Gasteiger partial charge in [0.25, 0.3) is 0 Å². The zero-order chi connectivity index (χ0) is 10.1. The van der Waals surface area contributed by atoms with Crippen LogP contribution in [0.4, 0.5) is 0 Å². The smallest absolute Gasteiger partial charge is 0.0646 e. The summed E-state index contributed by atoms with van der Waals surface area (Å²) in [6, 6.07) is 12.1. The molecule has 1 heterocycles. The van der Waals surface area contributed by atoms with Gasteiger partial charge in [-0.3, -0.25) is 0 Å². The molecule has 0 unspecified atom stereocenters. The van der Waals surface area contributed by atoms with Crippen molar-refractivity contribution in [2.75, 3.05) is 0 Å². The highest BCUT2D eigenvalue weighted by Crippen LogP contribution is 2.23. The van der Waals surface area contributed by atoms with E-state index >= 15 is 0 Å². The maximum Gasteiger partial charge on any atom is 0.0646 e. The fourth-order valence-electron chi connectivity index (χ4n) is 1.68. The van der Waals surface area contributed by atoms with Crippen LogP contribution in [0.5, 0.6) is 0 Å². The molecule has 2 rings (SSSR count). The summed E-state index contributed by atoms with van der Waals surface area (Å²) >= 11 is 6.14. The zero-order valence-electron chi connectivity index (χ0n) is 8.29. The summed E-state index contributed by atoms with van der Waals surface area (Å²) in [5, 5.41) is 0.787. The summed E-state index contributed by atoms with van der Waals surface area (Å²) in [6.45, 7) is 4.16. The molecule has 0 aliphatic carbocycles. The molecule has 0 fully saturated rings. The van der Waals surface area contributed by atoms with E-state index in [9.17, 15) is 0 Å². The number of aryl methyl sites for hydroxylation is 2. The van der Waals surface area contributed by atoms with Gasteiger partial charge in [-0.1, -0.05) is 23.7 Å². The molecule has 0 aliphatic rings. The van der Waals surface area contributed by atoms with Crippen molar-refractivity contribution in [1.82, 2.24) is 4.57 Å². The summed E-state index contributed by atoms with van der Waals surface area (Å²) in [5.41, 5.74) is 3.46. The summed E-state index contributed by atoms with van der Waals surface area (Å²) in [7, 11) is 0. The van der Waals surface area contributed by atoms with Gasteiger partial charge in [-0.15, -0.1) is 0 Å². The van der Waals surface area contributed by atoms with Crippen molar-refractivity contribution < 1.29 is 0 Å². The van der Waals surface area contributed by atoms with Crippen molar-refractivity contribution in [3.63, 3.8) is 0 Å². The average Bonchev–Trinajstić information content (AvgIpc) is 2.48. The average molecular weight is 206 g/mol. The molecule has 72 valence electrons. The molecule has 0 saturated heterocycles. The molecule has 2 heteroatoms. The van der Waals surface area contributed by atoms with Gasteiger partial charge in [-0.2, -0.15) is 0 Å². The van der Waals surface area contributed by atoms with E-state index in [0.717, 1.165) is 10.7 Å². The molecule has 1 aromatic heterocycles. The second-order valence-electron chi connectivity index (χ2n) is 3.40. The predicted molar refractivity (Wildman–Crippen MR) is 60.3 cm³/mol. The quantitative estimate of drug-likeness (QED) is 0.668. The first-order valence-electron chi connectivity index (χ1n) is 4.60. The van der Waals surface area contributed by atoms with Gasteiger partial charge in [0.1, 0.15) is 0 Å². The van der Waals surface area contributed by atoms with Crippen LogP contribution >= 0.6 is 11.6 Å². The Morgan fingerprint density at radius 1 is 0.929 bits per heavy atom. The molecule has 1 aromatic carbocycles. The molecule has 0 radical (unpaired) electrons. The van der Waals surface area contributed by atoms with Crippen LogP contribution in [0.15, 0.2) is 36.4 Å². The van der Waals surface area contributed by atoms with Crippen LogP contribution < -0.4 is 0 Å². The lowest BCUT2D eigenvalue weighted by Crippen LogP contribution is -1.98. The Labute approximate surface area is 88.9 Å². The first-order chi connectivity index (χ1) is 6.70. The number of halogens is 1. The summed E-state index contributed by atoms with van der Waals surface area (Å²) < 4.78 is 2.16. The number of rotatable bonds is 1. The van der Waals surface area contributed by atoms with Crippen LogP contribution in [-0.4, -0.2) is 4.57 Å². The first-order valence-corrected chi connectivity index (χ1v) is 4.98. The van der Waals surface area contributed by atoms with Crippen molar-refractivity contribution in [1.29, 1.82) is 0 Å². The second kappa shape index (κ2) is 3.50. The molecule has 0 bridgehead atoms. The van der Waals surface area contributed by atoms with Gasteiger partial charge in [0.2, 0.25) is 0 Å². The molecule has 0 atom stereocenters. The Morgan fingerprint density at radius 2 is 1.50 bits per heavy atom. The van der Waals surface area contributed by atoms with Crippen molar-refractivity contribution >= 4 is 11.6 Å². The minimum absolute atomic E-state index is 0.787. The number of aromatic nitrogens is 1. The number of hydrogen-bond acceptors (Lipinski definition) is 0. The minimum Gasteiger partial charge on any atom is -0.317 e. The standard InChI is InChI=1S/C12H12ClN/c1-9-7-8-10(2)14(9)12-6-4-3-5-11(12)13/h3-8H,1-2H3. The van der Waals surface area contributed by atoms with Crippen LogP contribution in [0.2, 0.25) is 5.02 Å². The van der Waals surface area contributed by atoms with Gasteiger partial charge in [0.15, 0.2) is 0 Å². The van der Waals surface area contributed by atoms with E-state index in [1.807, 2.05) is 24.3 Å². The SMILES string of the molecule is Cc1ccc(C)n1-c1ccccc1Cl. The van der Waals surface area contributed by atoms with Crippen LogP contribution in [0.3, 0.4) is 0 Å². The Bertz CT molecular complexity index is 438. The van der Waals surface area contributed by atoms with Crippen LogP contribution in [0.25, 0.3) is 5.69 Å². The minimum atomic E-state index is 0.787. The Morgan fingerprint density at radius 3 is 2.07 bits per heavy atom. The van der Waals surface area contributed by atoms with Crippen LogP contribution in [0.1, 0.15) is 11.4 Å². The Hall–Kier alpha value is -1.21. The lowest BCUT2D eigenvalue weighted by atomic mass is 10.3. The predicted octanol–water partition coefficient (Wildman–Crippen LogP) is 3.75. The highest BCUT2D eigenvalue weighted by molar-refractivity contribution is 6.32. The highest BCUT2D eigenvalue weighted by Gasteiger charge is 2.06. The van der Waals surface area contributed by atoms with Gasteiger partial charge < -0.3 is 4.57 Å².